The van der Waals surface area contributed by atoms with Crippen LogP contribution in [0.4, 0.5) is 0 Å². The zero-order valence-electron chi connectivity index (χ0n) is 8.61. The number of nitrogens with one attached hydrogen (secondary N) is 1. The molecule has 0 radical (unpaired) electrons. The van der Waals surface area contributed by atoms with Crippen molar-refractivity contribution in [3.05, 3.63) is 35.9 Å². The molecule has 1 fully saturated rings. The first-order valence-corrected chi connectivity index (χ1v) is 5.34. The second kappa shape index (κ2) is 4.11. The van der Waals surface area contributed by atoms with E-state index in [1.165, 1.54) is 12.0 Å². The maximum absolute atomic E-state index is 6.11. The van der Waals surface area contributed by atoms with Crippen molar-refractivity contribution in [1.29, 1.82) is 0 Å². The summed E-state index contributed by atoms with van der Waals surface area (Å²) in [7, 11) is 0. The molecule has 2 nitrogen and oxygen atoms in total. The minimum Gasteiger partial charge on any atom is -0.326 e. The fourth-order valence-corrected chi connectivity index (χ4v) is 2.13. The van der Waals surface area contributed by atoms with E-state index in [1.54, 1.807) is 0 Å². The van der Waals surface area contributed by atoms with Crippen LogP contribution in [0.15, 0.2) is 30.3 Å². The van der Waals surface area contributed by atoms with Crippen LogP contribution in [0.5, 0.6) is 0 Å². The largest absolute Gasteiger partial charge is 0.326 e. The van der Waals surface area contributed by atoms with Gasteiger partial charge in [0.15, 0.2) is 0 Å². The summed E-state index contributed by atoms with van der Waals surface area (Å²) in [5.74, 6) is 0. The summed E-state index contributed by atoms with van der Waals surface area (Å²) < 4.78 is 0. The highest BCUT2D eigenvalue weighted by Crippen LogP contribution is 2.24. The highest BCUT2D eigenvalue weighted by molar-refractivity contribution is 5.21. The van der Waals surface area contributed by atoms with Crippen molar-refractivity contribution >= 4 is 0 Å². The molecule has 3 atom stereocenters. The van der Waals surface area contributed by atoms with Gasteiger partial charge in [-0.1, -0.05) is 30.3 Å². The van der Waals surface area contributed by atoms with E-state index in [2.05, 4.69) is 36.5 Å². The number of benzene rings is 1. The van der Waals surface area contributed by atoms with Gasteiger partial charge < -0.3 is 11.1 Å². The average molecular weight is 190 g/mol. The summed E-state index contributed by atoms with van der Waals surface area (Å²) in [6.07, 6.45) is 2.30. The molecule has 1 heterocycles. The van der Waals surface area contributed by atoms with Crippen molar-refractivity contribution in [2.75, 3.05) is 0 Å². The van der Waals surface area contributed by atoms with Crippen molar-refractivity contribution < 1.29 is 0 Å². The first kappa shape index (κ1) is 9.69. The Morgan fingerprint density at radius 3 is 2.64 bits per heavy atom. The molecule has 0 aliphatic carbocycles. The molecule has 0 bridgehead atoms. The standard InChI is InChI=1S/C12H18N2/c1-9-7-8-11(13)12(14-9)10-5-3-2-4-6-10/h2-6,9,11-12,14H,7-8,13H2,1H3/t9-,11+,12-/m1/s1. The molecule has 1 aliphatic heterocycles. The molecule has 2 heteroatoms. The van der Waals surface area contributed by atoms with Crippen molar-refractivity contribution in [2.24, 2.45) is 5.73 Å². The lowest BCUT2D eigenvalue weighted by atomic mass is 9.90. The normalized spacial score (nSPS) is 32.9. The molecule has 1 aliphatic rings. The molecule has 14 heavy (non-hydrogen) atoms. The summed E-state index contributed by atoms with van der Waals surface area (Å²) in [5, 5.41) is 3.56. The second-order valence-electron chi connectivity index (χ2n) is 4.20. The van der Waals surface area contributed by atoms with Crippen LogP contribution in [0.1, 0.15) is 31.4 Å². The predicted octanol–water partition coefficient (Wildman–Crippen LogP) is 1.83. The van der Waals surface area contributed by atoms with E-state index in [4.69, 9.17) is 5.73 Å². The lowest BCUT2D eigenvalue weighted by Gasteiger charge is -2.34. The third-order valence-corrected chi connectivity index (χ3v) is 2.98. The van der Waals surface area contributed by atoms with Gasteiger partial charge in [-0.25, -0.2) is 0 Å². The zero-order chi connectivity index (χ0) is 9.97. The van der Waals surface area contributed by atoms with Crippen LogP contribution in [0.25, 0.3) is 0 Å². The Bertz CT molecular complexity index is 284. The predicted molar refractivity (Wildman–Crippen MR) is 59.0 cm³/mol. The summed E-state index contributed by atoms with van der Waals surface area (Å²) in [4.78, 5) is 0. The molecule has 0 aromatic heterocycles. The van der Waals surface area contributed by atoms with E-state index in [9.17, 15) is 0 Å². The molecule has 1 saturated heterocycles. The van der Waals surface area contributed by atoms with Gasteiger partial charge in [-0.2, -0.15) is 0 Å². The van der Waals surface area contributed by atoms with Gasteiger partial charge in [-0.05, 0) is 25.3 Å². The number of piperidine rings is 1. The minimum atomic E-state index is 0.258. The lowest BCUT2D eigenvalue weighted by Crippen LogP contribution is -2.46. The molecule has 0 unspecified atom stereocenters. The van der Waals surface area contributed by atoms with Crippen LogP contribution in [-0.4, -0.2) is 12.1 Å². The second-order valence-corrected chi connectivity index (χ2v) is 4.20. The van der Waals surface area contributed by atoms with Gasteiger partial charge in [0.25, 0.3) is 0 Å². The van der Waals surface area contributed by atoms with Crippen molar-refractivity contribution in [1.82, 2.24) is 5.32 Å². The number of hydrogen-bond donors (Lipinski definition) is 2. The van der Waals surface area contributed by atoms with Gasteiger partial charge in [0.05, 0.1) is 0 Å². The SMILES string of the molecule is C[C@@H]1CC[C@H](N)[C@@H](c2ccccc2)N1. The number of hydrogen-bond acceptors (Lipinski definition) is 2. The summed E-state index contributed by atoms with van der Waals surface area (Å²) >= 11 is 0. The Morgan fingerprint density at radius 2 is 1.93 bits per heavy atom. The fourth-order valence-electron chi connectivity index (χ4n) is 2.13. The van der Waals surface area contributed by atoms with Crippen molar-refractivity contribution in [3.8, 4) is 0 Å². The molecule has 76 valence electrons. The molecule has 1 aromatic carbocycles. The molecule has 3 N–H and O–H groups in total. The number of nitrogens with two attached hydrogens (primary N) is 1. The minimum absolute atomic E-state index is 0.258. The molecule has 0 spiro atoms. The van der Waals surface area contributed by atoms with E-state index < -0.39 is 0 Å². The Kier molecular flexibility index (Phi) is 2.85. The summed E-state index contributed by atoms with van der Waals surface area (Å²) in [5.41, 5.74) is 7.42. The Morgan fingerprint density at radius 1 is 1.21 bits per heavy atom. The lowest BCUT2D eigenvalue weighted by molar-refractivity contribution is 0.301. The van der Waals surface area contributed by atoms with Crippen LogP contribution in [0.3, 0.4) is 0 Å². The summed E-state index contributed by atoms with van der Waals surface area (Å²) in [6, 6.07) is 11.7. The zero-order valence-corrected chi connectivity index (χ0v) is 8.61. The van der Waals surface area contributed by atoms with Crippen LogP contribution in [0, 0.1) is 0 Å². The highest BCUT2D eigenvalue weighted by atomic mass is 15.0. The molecular formula is C12H18N2. The smallest absolute Gasteiger partial charge is 0.0475 e. The fraction of sp³-hybridized carbons (Fsp3) is 0.500. The topological polar surface area (TPSA) is 38.0 Å². The van der Waals surface area contributed by atoms with Gasteiger partial charge in [0.1, 0.15) is 0 Å². The van der Waals surface area contributed by atoms with E-state index in [1.807, 2.05) is 6.07 Å². The van der Waals surface area contributed by atoms with Crippen molar-refractivity contribution in [3.63, 3.8) is 0 Å². The van der Waals surface area contributed by atoms with Crippen LogP contribution in [0.2, 0.25) is 0 Å². The van der Waals surface area contributed by atoms with E-state index >= 15 is 0 Å². The number of rotatable bonds is 1. The van der Waals surface area contributed by atoms with Gasteiger partial charge >= 0.3 is 0 Å². The highest BCUT2D eigenvalue weighted by Gasteiger charge is 2.25. The third-order valence-electron chi connectivity index (χ3n) is 2.98. The van der Waals surface area contributed by atoms with Crippen molar-refractivity contribution in [2.45, 2.75) is 37.9 Å². The van der Waals surface area contributed by atoms with Gasteiger partial charge in [0, 0.05) is 18.1 Å². The van der Waals surface area contributed by atoms with Gasteiger partial charge in [0.2, 0.25) is 0 Å². The van der Waals surface area contributed by atoms with Crippen LogP contribution >= 0.6 is 0 Å². The van der Waals surface area contributed by atoms with Crippen LogP contribution < -0.4 is 11.1 Å². The average Bonchev–Trinajstić information content (AvgIpc) is 2.23. The Balaban J connectivity index is 2.16. The summed E-state index contributed by atoms with van der Waals surface area (Å²) in [6.45, 7) is 2.22. The third kappa shape index (κ3) is 1.97. The van der Waals surface area contributed by atoms with E-state index in [0.29, 0.717) is 12.1 Å². The van der Waals surface area contributed by atoms with Gasteiger partial charge in [-0.3, -0.25) is 0 Å². The maximum Gasteiger partial charge on any atom is 0.0475 e. The first-order valence-electron chi connectivity index (χ1n) is 5.34. The molecular weight excluding hydrogens is 172 g/mol. The molecule has 1 aromatic rings. The van der Waals surface area contributed by atoms with Crippen LogP contribution in [-0.2, 0) is 0 Å². The van der Waals surface area contributed by atoms with E-state index in [0.717, 1.165) is 6.42 Å². The van der Waals surface area contributed by atoms with Gasteiger partial charge in [-0.15, -0.1) is 0 Å². The monoisotopic (exact) mass is 190 g/mol. The first-order chi connectivity index (χ1) is 6.77. The Hall–Kier alpha value is -0.860. The Labute approximate surface area is 85.5 Å². The molecule has 0 saturated carbocycles. The van der Waals surface area contributed by atoms with E-state index in [-0.39, 0.29) is 6.04 Å². The molecule has 0 amide bonds. The molecule has 2 rings (SSSR count). The maximum atomic E-state index is 6.11. The quantitative estimate of drug-likeness (QED) is 0.709.